The first kappa shape index (κ1) is 79.0. The summed E-state index contributed by atoms with van der Waals surface area (Å²) in [6, 6.07) is 11.0. The molecule has 1 saturated heterocycles. The first-order valence-electron chi connectivity index (χ1n) is 33.0. The molecule has 2 aromatic heterocycles. The summed E-state index contributed by atoms with van der Waals surface area (Å²) in [6.07, 6.45) is 5.82. The molecule has 0 radical (unpaired) electrons. The number of nitrogens with one attached hydrogen (secondary N) is 9. The average molecular weight is 1420 g/mol. The van der Waals surface area contributed by atoms with Gasteiger partial charge in [-0.1, -0.05) is 92.2 Å². The summed E-state index contributed by atoms with van der Waals surface area (Å²) in [7, 11) is 0. The van der Waals surface area contributed by atoms with Gasteiger partial charge in [0.05, 0.1) is 6.61 Å². The molecule has 33 heteroatoms. The monoisotopic (exact) mass is 1410 g/mol. The highest BCUT2D eigenvalue weighted by molar-refractivity contribution is 6.30. The van der Waals surface area contributed by atoms with Crippen LogP contribution in [0.5, 0.6) is 0 Å². The number of fused-ring (bicyclic) bond motifs is 1. The van der Waals surface area contributed by atoms with E-state index in [9.17, 15) is 57.8 Å². The Balaban J connectivity index is 1.25. The lowest BCUT2D eigenvalue weighted by Gasteiger charge is -2.31. The zero-order valence-corrected chi connectivity index (χ0v) is 57.2. The molecule has 1 aliphatic heterocycles. The first-order chi connectivity index (χ1) is 48.2. The Bertz CT molecular complexity index is 3730. The summed E-state index contributed by atoms with van der Waals surface area (Å²) < 4.78 is 0. The number of primary amides is 2. The standard InChI is InChI=1S/C68H91ClN20O12/c1-38(2)29-49(58(93)82-48(16-9-27-79-67(73)74)65(100)89-28-10-17-55(89)64(99)80-39(3)56(70)91)83-60(95)51(33-42-11-6-24-76-35-42)84-57(92)47(15-8-26-78-66(71)72)81-63(98)54(37-90)87-61(96)52(34-43-12-7-25-77-36-43)86-59(94)50(31-40-19-22-46(69)23-20-40)85-62(97)53(88-68(75)101)32-41-18-21-44-13-4-5-14-45(44)30-41/h4-7,11-14,18-25,30,35-36,38-39,47-55,90H,8-10,15-17,26-29,31-34,37H2,1-3H3,(H2,70,91)(H,80,99)(H,81,98)(H,82,93)(H,83,95)(H,84,92)(H,85,97)(H,86,94)(H,87,96)(H4,71,72,78)(H4,73,74,79)(H3,75,88,101)/t39-,47+,48+,49+,50-,51-,52-,53-,54+,55+/m1/s1. The Morgan fingerprint density at radius 3 is 1.47 bits per heavy atom. The molecular formula is C68H91ClN20O12. The number of guanidine groups is 2. The number of rotatable bonds is 38. The fourth-order valence-corrected chi connectivity index (χ4v) is 11.3. The van der Waals surface area contributed by atoms with Gasteiger partial charge in [-0.15, -0.1) is 0 Å². The number of hydrogen-bond acceptors (Lipinski definition) is 16. The number of carbonyl (C=O) groups is 11. The van der Waals surface area contributed by atoms with Crippen LogP contribution < -0.4 is 82.3 Å². The highest BCUT2D eigenvalue weighted by Crippen LogP contribution is 2.22. The molecule has 0 bridgehead atoms. The number of urea groups is 1. The number of nitrogens with two attached hydrogens (primary N) is 6. The lowest BCUT2D eigenvalue weighted by molar-refractivity contribution is -0.142. The Kier molecular flexibility index (Phi) is 30.9. The van der Waals surface area contributed by atoms with E-state index in [2.05, 4.69) is 67.8 Å². The maximum atomic E-state index is 14.8. The van der Waals surface area contributed by atoms with E-state index >= 15 is 0 Å². The highest BCUT2D eigenvalue weighted by Gasteiger charge is 2.40. The number of aliphatic hydroxyl groups excluding tert-OH is 1. The zero-order valence-electron chi connectivity index (χ0n) is 56.4. The number of aliphatic imine (C=N–C) groups is 2. The molecule has 10 atom stereocenters. The Hall–Kier alpha value is -11.0. The van der Waals surface area contributed by atoms with Gasteiger partial charge in [0.25, 0.3) is 0 Å². The van der Waals surface area contributed by atoms with E-state index in [1.54, 1.807) is 68.4 Å². The molecule has 3 heterocycles. The van der Waals surface area contributed by atoms with Gasteiger partial charge in [0.15, 0.2) is 11.9 Å². The van der Waals surface area contributed by atoms with Crippen molar-refractivity contribution in [2.75, 3.05) is 26.2 Å². The van der Waals surface area contributed by atoms with Crippen molar-refractivity contribution in [2.45, 2.75) is 152 Å². The maximum Gasteiger partial charge on any atom is 0.312 e. The van der Waals surface area contributed by atoms with Gasteiger partial charge in [-0.05, 0) is 115 Å². The number of halogens is 1. The van der Waals surface area contributed by atoms with Gasteiger partial charge in [0, 0.05) is 75.1 Å². The lowest BCUT2D eigenvalue weighted by Crippen LogP contribution is -2.61. The summed E-state index contributed by atoms with van der Waals surface area (Å²) in [4.78, 5) is 172. The van der Waals surface area contributed by atoms with Crippen molar-refractivity contribution in [3.8, 4) is 0 Å². The van der Waals surface area contributed by atoms with Crippen molar-refractivity contribution in [3.05, 3.63) is 143 Å². The van der Waals surface area contributed by atoms with Gasteiger partial charge in [-0.3, -0.25) is 67.9 Å². The van der Waals surface area contributed by atoms with Crippen molar-refractivity contribution in [3.63, 3.8) is 0 Å². The second-order valence-electron chi connectivity index (χ2n) is 24.9. The number of aliphatic hydroxyl groups is 1. The molecule has 542 valence electrons. The molecular weight excluding hydrogens is 1320 g/mol. The minimum absolute atomic E-state index is 0.00866. The van der Waals surface area contributed by atoms with Crippen LogP contribution in [0.4, 0.5) is 4.79 Å². The molecule has 6 rings (SSSR count). The number of carbonyl (C=O) groups excluding carboxylic acids is 11. The number of pyridine rings is 2. The predicted octanol–water partition coefficient (Wildman–Crippen LogP) is -1.89. The lowest BCUT2D eigenvalue weighted by atomic mass is 9.99. The van der Waals surface area contributed by atoms with E-state index in [-0.39, 0.29) is 102 Å². The molecule has 3 aromatic carbocycles. The maximum absolute atomic E-state index is 14.8. The number of hydrogen-bond donors (Lipinski definition) is 16. The number of likely N-dealkylation sites (tertiary alicyclic amines) is 1. The van der Waals surface area contributed by atoms with Gasteiger partial charge in [0.2, 0.25) is 59.1 Å². The molecule has 22 N–H and O–H groups in total. The van der Waals surface area contributed by atoms with E-state index in [0.29, 0.717) is 33.7 Å². The molecule has 0 unspecified atom stereocenters. The summed E-state index contributed by atoms with van der Waals surface area (Å²) >= 11 is 6.22. The van der Waals surface area contributed by atoms with E-state index in [1.165, 1.54) is 36.6 Å². The fraction of sp³-hybridized carbons (Fsp3) is 0.426. The van der Waals surface area contributed by atoms with Gasteiger partial charge in [0.1, 0.15) is 60.4 Å². The topological polar surface area (TPSA) is 526 Å². The SMILES string of the molecule is CC(C)C[C@H](NC(=O)[C@@H](Cc1cccnc1)NC(=O)[C@H](CCCN=C(N)N)NC(=O)[C@H](CO)NC(=O)[C@@H](Cc1cccnc1)NC(=O)[C@@H](Cc1ccc(Cl)cc1)NC(=O)[C@@H](Cc1ccc2ccccc2c1)NC(N)=O)C(=O)N[C@@H](CCCN=C(N)N)C(=O)N1CCC[C@H]1C(=O)N[C@H](C)C(N)=O. The molecule has 1 fully saturated rings. The molecule has 1 aliphatic rings. The minimum atomic E-state index is -1.82. The zero-order chi connectivity index (χ0) is 73.7. The molecule has 5 aromatic rings. The summed E-state index contributed by atoms with van der Waals surface area (Å²) in [5, 5.41) is 36.7. The van der Waals surface area contributed by atoms with Crippen molar-refractivity contribution in [1.29, 1.82) is 0 Å². The van der Waals surface area contributed by atoms with Crippen LogP contribution in [0.3, 0.4) is 0 Å². The normalized spacial score (nSPS) is 15.2. The fourth-order valence-electron chi connectivity index (χ4n) is 11.2. The average Bonchev–Trinajstić information content (AvgIpc) is 1.80. The number of benzene rings is 3. The van der Waals surface area contributed by atoms with Crippen molar-refractivity contribution in [1.82, 2.24) is 62.7 Å². The van der Waals surface area contributed by atoms with Crippen molar-refractivity contribution >= 4 is 99.4 Å². The molecule has 0 saturated carbocycles. The quantitative estimate of drug-likeness (QED) is 0.0117. The van der Waals surface area contributed by atoms with Gasteiger partial charge < -0.3 is 92.3 Å². The first-order valence-corrected chi connectivity index (χ1v) is 33.4. The summed E-state index contributed by atoms with van der Waals surface area (Å²) in [5.41, 5.74) is 35.4. The number of amides is 12. The van der Waals surface area contributed by atoms with Crippen LogP contribution in [0, 0.1) is 5.92 Å². The van der Waals surface area contributed by atoms with Gasteiger partial charge in [-0.25, -0.2) is 4.79 Å². The number of nitrogens with zero attached hydrogens (tertiary/aromatic N) is 5. The van der Waals surface area contributed by atoms with Crippen LogP contribution >= 0.6 is 11.6 Å². The Morgan fingerprint density at radius 1 is 0.515 bits per heavy atom. The predicted molar refractivity (Wildman–Crippen MR) is 377 cm³/mol. The van der Waals surface area contributed by atoms with E-state index in [1.807, 2.05) is 36.4 Å². The van der Waals surface area contributed by atoms with Crippen LogP contribution in [0.2, 0.25) is 5.02 Å². The third-order valence-electron chi connectivity index (χ3n) is 16.4. The van der Waals surface area contributed by atoms with Crippen LogP contribution in [0.25, 0.3) is 10.8 Å². The summed E-state index contributed by atoms with van der Waals surface area (Å²) in [6.45, 7) is 4.06. The Labute approximate surface area is 588 Å². The third-order valence-corrected chi connectivity index (χ3v) is 16.6. The van der Waals surface area contributed by atoms with Gasteiger partial charge in [-0.2, -0.15) is 0 Å². The second kappa shape index (κ2) is 39.5. The highest BCUT2D eigenvalue weighted by atomic mass is 35.5. The van der Waals surface area contributed by atoms with E-state index in [0.717, 1.165) is 10.8 Å². The van der Waals surface area contributed by atoms with E-state index in [4.69, 9.17) is 46.0 Å². The molecule has 0 spiro atoms. The molecule has 0 aliphatic carbocycles. The Morgan fingerprint density at radius 2 is 0.960 bits per heavy atom. The summed E-state index contributed by atoms with van der Waals surface area (Å²) in [5.74, 6) is -9.25. The van der Waals surface area contributed by atoms with Crippen molar-refractivity contribution in [2.24, 2.45) is 50.3 Å². The number of aromatic nitrogens is 2. The van der Waals surface area contributed by atoms with Crippen LogP contribution in [-0.4, -0.2) is 184 Å². The minimum Gasteiger partial charge on any atom is -0.394 e. The molecule has 12 amide bonds. The van der Waals surface area contributed by atoms with Crippen molar-refractivity contribution < 1.29 is 57.8 Å². The van der Waals surface area contributed by atoms with E-state index < -0.39 is 132 Å². The van der Waals surface area contributed by atoms with Crippen LogP contribution in [-0.2, 0) is 73.6 Å². The second-order valence-corrected chi connectivity index (χ2v) is 25.3. The smallest absolute Gasteiger partial charge is 0.312 e. The largest absolute Gasteiger partial charge is 0.394 e. The van der Waals surface area contributed by atoms with Gasteiger partial charge >= 0.3 is 6.03 Å². The van der Waals surface area contributed by atoms with Crippen LogP contribution in [0.1, 0.15) is 88.0 Å². The van der Waals surface area contributed by atoms with Crippen LogP contribution in [0.15, 0.2) is 126 Å². The third kappa shape index (κ3) is 26.0. The molecule has 101 heavy (non-hydrogen) atoms. The molecule has 32 nitrogen and oxygen atoms in total.